The van der Waals surface area contributed by atoms with E-state index in [0.717, 1.165) is 33.8 Å². The predicted octanol–water partition coefficient (Wildman–Crippen LogP) is 3.85. The number of hydrogen-bond donors (Lipinski definition) is 0. The Balaban J connectivity index is 1.49. The van der Waals surface area contributed by atoms with Crippen LogP contribution in [0.5, 0.6) is 0 Å². The number of esters is 1. The molecule has 0 saturated heterocycles. The summed E-state index contributed by atoms with van der Waals surface area (Å²) >= 11 is 1.57. The highest BCUT2D eigenvalue weighted by molar-refractivity contribution is 7.12. The molecule has 0 bridgehead atoms. The van der Waals surface area contributed by atoms with Crippen LogP contribution >= 0.6 is 11.3 Å². The fourth-order valence-corrected chi connectivity index (χ4v) is 4.29. The van der Waals surface area contributed by atoms with Crippen molar-refractivity contribution >= 4 is 34.7 Å². The van der Waals surface area contributed by atoms with E-state index in [1.54, 1.807) is 16.2 Å². The molecule has 5 nitrogen and oxygen atoms in total. The third-order valence-corrected chi connectivity index (χ3v) is 5.63. The number of carbonyl (C=O) groups is 3. The molecule has 3 rings (SSSR count). The smallest absolute Gasteiger partial charge is 0.306 e. The molecule has 1 amide bonds. The molecule has 142 valence electrons. The van der Waals surface area contributed by atoms with Crippen LogP contribution in [0.1, 0.15) is 44.9 Å². The second-order valence-electron chi connectivity index (χ2n) is 6.69. The highest BCUT2D eigenvalue weighted by atomic mass is 32.1. The van der Waals surface area contributed by atoms with E-state index in [-0.39, 0.29) is 31.1 Å². The SMILES string of the molecule is Cc1cc(C(=O)CCC(=O)OCC(=O)N2CCCc3ccccc32)c(C)s1. The van der Waals surface area contributed by atoms with E-state index in [9.17, 15) is 14.4 Å². The maximum atomic E-state index is 12.5. The number of carbonyl (C=O) groups excluding carboxylic acids is 3. The molecule has 2 aromatic rings. The second-order valence-corrected chi connectivity index (χ2v) is 8.15. The van der Waals surface area contributed by atoms with Crippen LogP contribution in [0.3, 0.4) is 0 Å². The highest BCUT2D eigenvalue weighted by Gasteiger charge is 2.23. The Bertz CT molecular complexity index is 871. The van der Waals surface area contributed by atoms with Gasteiger partial charge in [0.1, 0.15) is 0 Å². The summed E-state index contributed by atoms with van der Waals surface area (Å²) in [6, 6.07) is 9.64. The molecule has 0 saturated carbocycles. The van der Waals surface area contributed by atoms with E-state index in [2.05, 4.69) is 0 Å². The average Bonchev–Trinajstić information content (AvgIpc) is 3.01. The normalized spacial score (nSPS) is 13.2. The van der Waals surface area contributed by atoms with E-state index in [1.165, 1.54) is 0 Å². The molecule has 0 radical (unpaired) electrons. The number of ether oxygens (including phenoxy) is 1. The number of benzene rings is 1. The van der Waals surface area contributed by atoms with Crippen molar-refractivity contribution in [2.75, 3.05) is 18.1 Å². The monoisotopic (exact) mass is 385 g/mol. The first kappa shape index (κ1) is 19.3. The van der Waals surface area contributed by atoms with E-state index in [0.29, 0.717) is 12.1 Å². The van der Waals surface area contributed by atoms with Gasteiger partial charge in [0.2, 0.25) is 0 Å². The summed E-state index contributed by atoms with van der Waals surface area (Å²) in [5, 5.41) is 0. The van der Waals surface area contributed by atoms with Crippen LogP contribution in [-0.2, 0) is 20.7 Å². The molecule has 0 unspecified atom stereocenters. The van der Waals surface area contributed by atoms with Crippen LogP contribution in [0.15, 0.2) is 30.3 Å². The molecule has 27 heavy (non-hydrogen) atoms. The Labute approximate surface area is 162 Å². The van der Waals surface area contributed by atoms with E-state index in [4.69, 9.17) is 4.74 Å². The number of Topliss-reactive ketones (excluding diaryl/α,β-unsaturated/α-hetero) is 1. The van der Waals surface area contributed by atoms with E-state index in [1.807, 2.05) is 44.2 Å². The third kappa shape index (κ3) is 4.63. The van der Waals surface area contributed by atoms with Crippen LogP contribution in [0.4, 0.5) is 5.69 Å². The Morgan fingerprint density at radius 2 is 1.93 bits per heavy atom. The van der Waals surface area contributed by atoms with Crippen molar-refractivity contribution in [2.45, 2.75) is 39.5 Å². The fourth-order valence-electron chi connectivity index (χ4n) is 3.34. The minimum atomic E-state index is -0.522. The van der Waals surface area contributed by atoms with Gasteiger partial charge in [-0.25, -0.2) is 0 Å². The summed E-state index contributed by atoms with van der Waals surface area (Å²) in [5.74, 6) is -0.817. The number of rotatable bonds is 6. The topological polar surface area (TPSA) is 63.7 Å². The summed E-state index contributed by atoms with van der Waals surface area (Å²) in [7, 11) is 0. The van der Waals surface area contributed by atoms with Gasteiger partial charge in [-0.05, 0) is 44.4 Å². The fraction of sp³-hybridized carbons (Fsp3) is 0.381. The summed E-state index contributed by atoms with van der Waals surface area (Å²) in [6.45, 7) is 4.19. The van der Waals surface area contributed by atoms with Crippen LogP contribution in [0.2, 0.25) is 0 Å². The van der Waals surface area contributed by atoms with Gasteiger partial charge in [-0.1, -0.05) is 18.2 Å². The lowest BCUT2D eigenvalue weighted by Crippen LogP contribution is -2.38. The zero-order valence-electron chi connectivity index (χ0n) is 15.6. The Hall–Kier alpha value is -2.47. The maximum absolute atomic E-state index is 12.5. The number of aryl methyl sites for hydroxylation is 3. The summed E-state index contributed by atoms with van der Waals surface area (Å²) in [4.78, 5) is 40.4. The molecule has 0 fully saturated rings. The molecule has 0 atom stereocenters. The summed E-state index contributed by atoms with van der Waals surface area (Å²) in [5.41, 5.74) is 2.70. The third-order valence-electron chi connectivity index (χ3n) is 4.67. The van der Waals surface area contributed by atoms with Crippen molar-refractivity contribution in [2.24, 2.45) is 0 Å². The van der Waals surface area contributed by atoms with Crippen molar-refractivity contribution < 1.29 is 19.1 Å². The van der Waals surface area contributed by atoms with Crippen molar-refractivity contribution in [3.8, 4) is 0 Å². The van der Waals surface area contributed by atoms with Crippen LogP contribution < -0.4 is 4.90 Å². The predicted molar refractivity (Wildman–Crippen MR) is 105 cm³/mol. The van der Waals surface area contributed by atoms with Gasteiger partial charge in [-0.15, -0.1) is 11.3 Å². The lowest BCUT2D eigenvalue weighted by Gasteiger charge is -2.29. The largest absolute Gasteiger partial charge is 0.456 e. The summed E-state index contributed by atoms with van der Waals surface area (Å²) < 4.78 is 5.11. The molecule has 1 aliphatic rings. The number of anilines is 1. The number of ketones is 1. The van der Waals surface area contributed by atoms with Gasteiger partial charge in [0.05, 0.1) is 6.42 Å². The zero-order valence-corrected chi connectivity index (χ0v) is 16.4. The standard InChI is InChI=1S/C21H23NO4S/c1-14-12-17(15(2)27-14)19(23)9-10-21(25)26-13-20(24)22-11-5-7-16-6-3-4-8-18(16)22/h3-4,6,8,12H,5,7,9-11,13H2,1-2H3. The average molecular weight is 385 g/mol. The molecule has 1 aromatic carbocycles. The Morgan fingerprint density at radius 3 is 2.67 bits per heavy atom. The number of amides is 1. The zero-order chi connectivity index (χ0) is 19.4. The van der Waals surface area contributed by atoms with Crippen molar-refractivity contribution in [1.82, 2.24) is 0 Å². The first-order valence-corrected chi connectivity index (χ1v) is 9.91. The number of hydrogen-bond acceptors (Lipinski definition) is 5. The van der Waals surface area contributed by atoms with Gasteiger partial charge in [-0.2, -0.15) is 0 Å². The quantitative estimate of drug-likeness (QED) is 0.560. The Morgan fingerprint density at radius 1 is 1.15 bits per heavy atom. The molecule has 1 aliphatic heterocycles. The van der Waals surface area contributed by atoms with Crippen molar-refractivity contribution in [1.29, 1.82) is 0 Å². The van der Waals surface area contributed by atoms with Gasteiger partial charge in [-0.3, -0.25) is 14.4 Å². The number of fused-ring (bicyclic) bond motifs is 1. The van der Waals surface area contributed by atoms with Crippen LogP contribution in [0.25, 0.3) is 0 Å². The van der Waals surface area contributed by atoms with Gasteiger partial charge in [0.15, 0.2) is 12.4 Å². The first-order chi connectivity index (χ1) is 13.0. The lowest BCUT2D eigenvalue weighted by molar-refractivity contribution is -0.147. The second kappa shape index (κ2) is 8.48. The number of nitrogens with zero attached hydrogens (tertiary/aromatic N) is 1. The molecule has 1 aromatic heterocycles. The van der Waals surface area contributed by atoms with Crippen LogP contribution in [-0.4, -0.2) is 30.8 Å². The number of thiophene rings is 1. The molecule has 2 heterocycles. The van der Waals surface area contributed by atoms with Gasteiger partial charge in [0, 0.05) is 34.0 Å². The molecule has 6 heteroatoms. The number of para-hydroxylation sites is 1. The highest BCUT2D eigenvalue weighted by Crippen LogP contribution is 2.26. The van der Waals surface area contributed by atoms with E-state index >= 15 is 0 Å². The molecular weight excluding hydrogens is 362 g/mol. The minimum Gasteiger partial charge on any atom is -0.456 e. The van der Waals surface area contributed by atoms with Crippen LogP contribution in [0, 0.1) is 13.8 Å². The van der Waals surface area contributed by atoms with Gasteiger partial charge >= 0.3 is 5.97 Å². The lowest BCUT2D eigenvalue weighted by atomic mass is 10.0. The molecule has 0 N–H and O–H groups in total. The summed E-state index contributed by atoms with van der Waals surface area (Å²) in [6.07, 6.45) is 1.92. The van der Waals surface area contributed by atoms with E-state index < -0.39 is 5.97 Å². The maximum Gasteiger partial charge on any atom is 0.306 e. The molecule has 0 spiro atoms. The molecular formula is C21H23NO4S. The molecule has 0 aliphatic carbocycles. The van der Waals surface area contributed by atoms with Crippen molar-refractivity contribution in [3.05, 3.63) is 51.2 Å². The Kier molecular flexibility index (Phi) is 6.06. The van der Waals surface area contributed by atoms with Crippen molar-refractivity contribution in [3.63, 3.8) is 0 Å². The minimum absolute atomic E-state index is 0.0168. The first-order valence-electron chi connectivity index (χ1n) is 9.10. The van der Waals surface area contributed by atoms with Gasteiger partial charge < -0.3 is 9.64 Å². The van der Waals surface area contributed by atoms with Gasteiger partial charge in [0.25, 0.3) is 5.91 Å².